The zero-order valence-electron chi connectivity index (χ0n) is 16.0. The molecular formula is C21H26FNO4. The van der Waals surface area contributed by atoms with Crippen molar-refractivity contribution in [1.82, 2.24) is 5.32 Å². The van der Waals surface area contributed by atoms with E-state index in [2.05, 4.69) is 5.32 Å². The molecule has 1 amide bonds. The molecule has 0 aliphatic carbocycles. The maximum Gasteiger partial charge on any atom is 0.251 e. The van der Waals surface area contributed by atoms with Crippen LogP contribution in [0.1, 0.15) is 36.7 Å². The lowest BCUT2D eigenvalue weighted by atomic mass is 10.1. The van der Waals surface area contributed by atoms with E-state index >= 15 is 0 Å². The van der Waals surface area contributed by atoms with Gasteiger partial charge in [-0.15, -0.1) is 0 Å². The molecule has 27 heavy (non-hydrogen) atoms. The number of hydrogen-bond donors (Lipinski definition) is 1. The number of halogens is 1. The molecule has 0 atom stereocenters. The highest BCUT2D eigenvalue weighted by atomic mass is 19.1. The van der Waals surface area contributed by atoms with Crippen LogP contribution in [0.3, 0.4) is 0 Å². The Morgan fingerprint density at radius 3 is 2.15 bits per heavy atom. The quantitative estimate of drug-likeness (QED) is 0.682. The van der Waals surface area contributed by atoms with Crippen LogP contribution in [0.4, 0.5) is 4.39 Å². The maximum absolute atomic E-state index is 13.2. The predicted octanol–water partition coefficient (Wildman–Crippen LogP) is 3.99. The Labute approximate surface area is 159 Å². The van der Waals surface area contributed by atoms with Crippen LogP contribution in [0.5, 0.6) is 17.2 Å². The predicted molar refractivity (Wildman–Crippen MR) is 102 cm³/mol. The van der Waals surface area contributed by atoms with Gasteiger partial charge in [0.25, 0.3) is 5.91 Å². The molecule has 0 radical (unpaired) electrons. The second kappa shape index (κ2) is 10.4. The molecule has 0 fully saturated rings. The van der Waals surface area contributed by atoms with Crippen LogP contribution in [0, 0.1) is 5.82 Å². The first-order valence-corrected chi connectivity index (χ1v) is 9.18. The molecule has 0 aliphatic rings. The number of rotatable bonds is 10. The molecule has 0 saturated carbocycles. The number of nitrogens with one attached hydrogen (secondary N) is 1. The van der Waals surface area contributed by atoms with Gasteiger partial charge in [-0.05, 0) is 57.0 Å². The van der Waals surface area contributed by atoms with Crippen molar-refractivity contribution < 1.29 is 23.4 Å². The van der Waals surface area contributed by atoms with Gasteiger partial charge in [-0.1, -0.05) is 12.1 Å². The fourth-order valence-electron chi connectivity index (χ4n) is 2.63. The maximum atomic E-state index is 13.2. The first kappa shape index (κ1) is 20.6. The second-order valence-corrected chi connectivity index (χ2v) is 5.74. The third kappa shape index (κ3) is 5.88. The van der Waals surface area contributed by atoms with Gasteiger partial charge in [0.05, 0.1) is 19.8 Å². The Morgan fingerprint density at radius 2 is 1.59 bits per heavy atom. The van der Waals surface area contributed by atoms with E-state index in [4.69, 9.17) is 14.2 Å². The topological polar surface area (TPSA) is 56.8 Å². The van der Waals surface area contributed by atoms with Gasteiger partial charge in [0.15, 0.2) is 11.5 Å². The minimum absolute atomic E-state index is 0.253. The summed E-state index contributed by atoms with van der Waals surface area (Å²) >= 11 is 0. The zero-order chi connectivity index (χ0) is 19.6. The normalized spacial score (nSPS) is 10.4. The zero-order valence-corrected chi connectivity index (χ0v) is 16.0. The Kier molecular flexibility index (Phi) is 7.92. The summed E-state index contributed by atoms with van der Waals surface area (Å²) in [6.45, 7) is 7.33. The molecule has 0 saturated heterocycles. The summed E-state index contributed by atoms with van der Waals surface area (Å²) in [7, 11) is 0. The largest absolute Gasteiger partial charge is 0.490 e. The van der Waals surface area contributed by atoms with Gasteiger partial charge in [-0.3, -0.25) is 4.79 Å². The van der Waals surface area contributed by atoms with Gasteiger partial charge in [0, 0.05) is 12.1 Å². The van der Waals surface area contributed by atoms with Crippen molar-refractivity contribution in [1.29, 1.82) is 0 Å². The summed E-state index contributed by atoms with van der Waals surface area (Å²) in [5.74, 6) is 0.906. The third-order valence-electron chi connectivity index (χ3n) is 3.76. The molecule has 2 aromatic rings. The Bertz CT molecular complexity index is 737. The monoisotopic (exact) mass is 375 g/mol. The number of carbonyl (C=O) groups excluding carboxylic acids is 1. The van der Waals surface area contributed by atoms with Crippen LogP contribution in [0.25, 0.3) is 0 Å². The molecule has 5 nitrogen and oxygen atoms in total. The van der Waals surface area contributed by atoms with E-state index in [1.54, 1.807) is 18.2 Å². The fourth-order valence-corrected chi connectivity index (χ4v) is 2.63. The van der Waals surface area contributed by atoms with Crippen LogP contribution in [-0.2, 0) is 6.42 Å². The fraction of sp³-hybridized carbons (Fsp3) is 0.381. The molecular weight excluding hydrogens is 349 g/mol. The van der Waals surface area contributed by atoms with Crippen molar-refractivity contribution in [3.8, 4) is 17.2 Å². The minimum atomic E-state index is -0.284. The highest BCUT2D eigenvalue weighted by molar-refractivity contribution is 5.95. The van der Waals surface area contributed by atoms with Crippen LogP contribution in [0.15, 0.2) is 36.4 Å². The lowest BCUT2D eigenvalue weighted by molar-refractivity contribution is 0.0953. The molecule has 0 unspecified atom stereocenters. The van der Waals surface area contributed by atoms with Crippen molar-refractivity contribution in [2.75, 3.05) is 26.4 Å². The van der Waals surface area contributed by atoms with Crippen molar-refractivity contribution >= 4 is 5.91 Å². The summed E-state index contributed by atoms with van der Waals surface area (Å²) < 4.78 is 30.1. The lowest BCUT2D eigenvalue weighted by Crippen LogP contribution is -2.26. The standard InChI is InChI=1S/C21H26FNO4/c1-4-25-18-13-16(14-19(26-5-2)20(18)27-6-3)21(24)23-11-10-15-8-7-9-17(22)12-15/h7-9,12-14H,4-6,10-11H2,1-3H3,(H,23,24). The van der Waals surface area contributed by atoms with E-state index in [1.165, 1.54) is 12.1 Å². The Balaban J connectivity index is 2.13. The summed E-state index contributed by atoms with van der Waals surface area (Å²) in [5.41, 5.74) is 1.25. The van der Waals surface area contributed by atoms with E-state index in [9.17, 15) is 9.18 Å². The summed E-state index contributed by atoms with van der Waals surface area (Å²) in [6, 6.07) is 9.63. The van der Waals surface area contributed by atoms with Crippen LogP contribution in [-0.4, -0.2) is 32.3 Å². The molecule has 1 N–H and O–H groups in total. The molecule has 2 aromatic carbocycles. The van der Waals surface area contributed by atoms with E-state index in [-0.39, 0.29) is 11.7 Å². The van der Waals surface area contributed by atoms with Gasteiger partial charge >= 0.3 is 0 Å². The second-order valence-electron chi connectivity index (χ2n) is 5.74. The average Bonchev–Trinajstić information content (AvgIpc) is 2.64. The first-order chi connectivity index (χ1) is 13.1. The van der Waals surface area contributed by atoms with Crippen molar-refractivity contribution in [2.45, 2.75) is 27.2 Å². The number of hydrogen-bond acceptors (Lipinski definition) is 4. The Morgan fingerprint density at radius 1 is 0.963 bits per heavy atom. The summed E-state index contributed by atoms with van der Waals surface area (Å²) in [5, 5.41) is 2.84. The highest BCUT2D eigenvalue weighted by Crippen LogP contribution is 2.39. The number of benzene rings is 2. The van der Waals surface area contributed by atoms with Gasteiger partial charge in [0.2, 0.25) is 5.75 Å². The number of ether oxygens (including phenoxy) is 3. The third-order valence-corrected chi connectivity index (χ3v) is 3.76. The molecule has 0 aromatic heterocycles. The molecule has 6 heteroatoms. The van der Waals surface area contributed by atoms with E-state index in [0.29, 0.717) is 55.6 Å². The smallest absolute Gasteiger partial charge is 0.251 e. The molecule has 0 spiro atoms. The molecule has 2 rings (SSSR count). The molecule has 146 valence electrons. The average molecular weight is 375 g/mol. The van der Waals surface area contributed by atoms with Crippen LogP contribution in [0.2, 0.25) is 0 Å². The van der Waals surface area contributed by atoms with E-state index in [0.717, 1.165) is 5.56 Å². The summed E-state index contributed by atoms with van der Waals surface area (Å²) in [4.78, 5) is 12.5. The minimum Gasteiger partial charge on any atom is -0.490 e. The first-order valence-electron chi connectivity index (χ1n) is 9.18. The lowest BCUT2D eigenvalue weighted by Gasteiger charge is -2.17. The number of amides is 1. The SMILES string of the molecule is CCOc1cc(C(=O)NCCc2cccc(F)c2)cc(OCC)c1OCC. The highest BCUT2D eigenvalue weighted by Gasteiger charge is 2.18. The molecule has 0 heterocycles. The van der Waals surface area contributed by atoms with E-state index in [1.807, 2.05) is 26.8 Å². The van der Waals surface area contributed by atoms with Gasteiger partial charge < -0.3 is 19.5 Å². The van der Waals surface area contributed by atoms with Crippen LogP contribution >= 0.6 is 0 Å². The molecule has 0 bridgehead atoms. The van der Waals surface area contributed by atoms with E-state index < -0.39 is 0 Å². The van der Waals surface area contributed by atoms with Gasteiger partial charge in [-0.2, -0.15) is 0 Å². The number of carbonyl (C=O) groups is 1. The molecule has 0 aliphatic heterocycles. The van der Waals surface area contributed by atoms with Crippen molar-refractivity contribution in [3.63, 3.8) is 0 Å². The summed E-state index contributed by atoms with van der Waals surface area (Å²) in [6.07, 6.45) is 0.539. The van der Waals surface area contributed by atoms with Crippen molar-refractivity contribution in [2.24, 2.45) is 0 Å². The van der Waals surface area contributed by atoms with Crippen molar-refractivity contribution in [3.05, 3.63) is 53.3 Å². The Hall–Kier alpha value is -2.76. The van der Waals surface area contributed by atoms with Gasteiger partial charge in [0.1, 0.15) is 5.82 Å². The van der Waals surface area contributed by atoms with Crippen LogP contribution < -0.4 is 19.5 Å². The van der Waals surface area contributed by atoms with Gasteiger partial charge in [-0.25, -0.2) is 4.39 Å².